The molecule has 0 radical (unpaired) electrons. The van der Waals surface area contributed by atoms with Crippen LogP contribution in [0.15, 0.2) is 42.6 Å². The third-order valence-corrected chi connectivity index (χ3v) is 5.67. The van der Waals surface area contributed by atoms with Crippen LogP contribution in [0.3, 0.4) is 0 Å². The minimum atomic E-state index is -4.95. The second kappa shape index (κ2) is 10.6. The number of aryl methyl sites for hydroxylation is 2. The lowest BCUT2D eigenvalue weighted by atomic mass is 10.0. The zero-order chi connectivity index (χ0) is 28.5. The molecule has 3 heterocycles. The van der Waals surface area contributed by atoms with Gasteiger partial charge in [-0.1, -0.05) is 0 Å². The fourth-order valence-electron chi connectivity index (χ4n) is 3.89. The molecule has 1 aromatic carbocycles. The Morgan fingerprint density at radius 2 is 1.85 bits per heavy atom. The molecule has 10 nitrogen and oxygen atoms in total. The minimum absolute atomic E-state index is 0.147. The van der Waals surface area contributed by atoms with Crippen molar-refractivity contribution in [1.29, 1.82) is 0 Å². The number of carbonyl (C=O) groups excluding carboxylic acids is 2. The van der Waals surface area contributed by atoms with Gasteiger partial charge in [-0.25, -0.2) is 13.9 Å². The van der Waals surface area contributed by atoms with Gasteiger partial charge in [0.05, 0.1) is 29.2 Å². The van der Waals surface area contributed by atoms with Gasteiger partial charge in [-0.15, -0.1) is 13.2 Å². The smallest absolute Gasteiger partial charge is 0.406 e. The molecule has 0 spiro atoms. The SMILES string of the molecule is Cc1nc(C)c(-c2ccc3nc(NC(=O)CO)cn3n2)cc1C(=O)N[C@H](C)c1cc(OC(F)(F)F)ccc1F. The number of amides is 2. The number of aromatic nitrogens is 4. The Bertz CT molecular complexity index is 1570. The van der Waals surface area contributed by atoms with E-state index in [2.05, 4.69) is 30.4 Å². The van der Waals surface area contributed by atoms with Gasteiger partial charge in [-0.3, -0.25) is 14.6 Å². The maximum absolute atomic E-state index is 14.4. The molecule has 4 aromatic rings. The molecule has 3 aromatic heterocycles. The lowest BCUT2D eigenvalue weighted by Crippen LogP contribution is -2.28. The van der Waals surface area contributed by atoms with Crippen LogP contribution in [-0.4, -0.2) is 49.5 Å². The number of carbonyl (C=O) groups is 2. The van der Waals surface area contributed by atoms with Crippen molar-refractivity contribution >= 4 is 23.3 Å². The Labute approximate surface area is 218 Å². The van der Waals surface area contributed by atoms with Crippen molar-refractivity contribution in [2.45, 2.75) is 33.2 Å². The van der Waals surface area contributed by atoms with Gasteiger partial charge >= 0.3 is 6.36 Å². The van der Waals surface area contributed by atoms with Crippen LogP contribution in [0.2, 0.25) is 0 Å². The first kappa shape index (κ1) is 27.4. The summed E-state index contributed by atoms with van der Waals surface area (Å²) in [6, 6.07) is 6.37. The van der Waals surface area contributed by atoms with Crippen LogP contribution in [-0.2, 0) is 4.79 Å². The van der Waals surface area contributed by atoms with Gasteiger partial charge in [0, 0.05) is 16.8 Å². The number of fused-ring (bicyclic) bond motifs is 1. The van der Waals surface area contributed by atoms with E-state index in [1.54, 1.807) is 32.0 Å². The molecule has 3 N–H and O–H groups in total. The highest BCUT2D eigenvalue weighted by molar-refractivity contribution is 5.96. The maximum atomic E-state index is 14.4. The molecule has 39 heavy (non-hydrogen) atoms. The molecular weight excluding hydrogens is 524 g/mol. The van der Waals surface area contributed by atoms with E-state index < -0.39 is 42.4 Å². The first-order chi connectivity index (χ1) is 18.3. The molecule has 0 unspecified atom stereocenters. The molecular formula is C25H22F4N6O4. The highest BCUT2D eigenvalue weighted by Crippen LogP contribution is 2.28. The third kappa shape index (κ3) is 6.29. The Hall–Kier alpha value is -4.59. The van der Waals surface area contributed by atoms with Crippen molar-refractivity contribution in [2.75, 3.05) is 11.9 Å². The van der Waals surface area contributed by atoms with Crippen LogP contribution in [0.4, 0.5) is 23.4 Å². The van der Waals surface area contributed by atoms with Crippen molar-refractivity contribution in [1.82, 2.24) is 24.9 Å². The number of imidazole rings is 1. The van der Waals surface area contributed by atoms with Gasteiger partial charge in [-0.05, 0) is 57.2 Å². The third-order valence-electron chi connectivity index (χ3n) is 5.67. The zero-order valence-electron chi connectivity index (χ0n) is 20.8. The number of hydrogen-bond donors (Lipinski definition) is 3. The normalized spacial score (nSPS) is 12.3. The molecule has 14 heteroatoms. The summed E-state index contributed by atoms with van der Waals surface area (Å²) < 4.78 is 57.4. The lowest BCUT2D eigenvalue weighted by Gasteiger charge is -2.18. The number of pyridine rings is 1. The second-order valence-electron chi connectivity index (χ2n) is 8.53. The number of ether oxygens (including phenoxy) is 1. The molecule has 0 aliphatic rings. The van der Waals surface area contributed by atoms with Gasteiger partial charge in [0.1, 0.15) is 18.2 Å². The summed E-state index contributed by atoms with van der Waals surface area (Å²) in [5.74, 6) is -2.52. The number of halogens is 4. The average Bonchev–Trinajstić information content (AvgIpc) is 3.25. The predicted molar refractivity (Wildman–Crippen MR) is 130 cm³/mol. The zero-order valence-corrected chi connectivity index (χ0v) is 20.8. The van der Waals surface area contributed by atoms with Crippen LogP contribution >= 0.6 is 0 Å². The highest BCUT2D eigenvalue weighted by Gasteiger charge is 2.31. The van der Waals surface area contributed by atoms with Crippen molar-refractivity contribution in [3.8, 4) is 17.0 Å². The molecule has 2 amide bonds. The molecule has 0 bridgehead atoms. The summed E-state index contributed by atoms with van der Waals surface area (Å²) in [5, 5.41) is 18.4. The lowest BCUT2D eigenvalue weighted by molar-refractivity contribution is -0.274. The Morgan fingerprint density at radius 1 is 1.10 bits per heavy atom. The molecule has 204 valence electrons. The van der Waals surface area contributed by atoms with Gasteiger partial charge in [-0.2, -0.15) is 5.10 Å². The highest BCUT2D eigenvalue weighted by atomic mass is 19.4. The quantitative estimate of drug-likeness (QED) is 0.300. The second-order valence-corrected chi connectivity index (χ2v) is 8.53. The van der Waals surface area contributed by atoms with E-state index in [0.29, 0.717) is 28.3 Å². The standard InChI is InChI=1S/C25H22F4N6O4/c1-12(16-8-15(4-5-19(16)26)39-25(27,28)29)31-24(38)18-9-17(13(2)30-14(18)3)20-6-7-22-32-21(10-35(22)34-20)33-23(37)11-36/h4-10,12,36H,11H2,1-3H3,(H,31,38)(H,33,37)/t12-/m1/s1. The molecule has 0 fully saturated rings. The van der Waals surface area contributed by atoms with E-state index >= 15 is 0 Å². The Morgan fingerprint density at radius 3 is 2.54 bits per heavy atom. The molecule has 0 saturated carbocycles. The van der Waals surface area contributed by atoms with E-state index in [1.165, 1.54) is 17.6 Å². The number of nitrogens with zero attached hydrogens (tertiary/aromatic N) is 4. The van der Waals surface area contributed by atoms with E-state index in [9.17, 15) is 27.2 Å². The average molecular weight is 546 g/mol. The Kier molecular flexibility index (Phi) is 7.49. The van der Waals surface area contributed by atoms with Gasteiger partial charge < -0.3 is 20.5 Å². The summed E-state index contributed by atoms with van der Waals surface area (Å²) in [7, 11) is 0. The predicted octanol–water partition coefficient (Wildman–Crippen LogP) is 3.87. The maximum Gasteiger partial charge on any atom is 0.573 e. The summed E-state index contributed by atoms with van der Waals surface area (Å²) in [6.07, 6.45) is -3.50. The Balaban J connectivity index is 1.61. The first-order valence-electron chi connectivity index (χ1n) is 11.5. The molecule has 0 aliphatic carbocycles. The number of nitrogens with one attached hydrogen (secondary N) is 2. The number of hydrogen-bond acceptors (Lipinski definition) is 7. The molecule has 0 aliphatic heterocycles. The summed E-state index contributed by atoms with van der Waals surface area (Å²) in [5.41, 5.74) is 2.22. The van der Waals surface area contributed by atoms with E-state index in [-0.39, 0.29) is 16.9 Å². The number of aliphatic hydroxyl groups excluding tert-OH is 1. The monoisotopic (exact) mass is 546 g/mol. The van der Waals surface area contributed by atoms with Crippen molar-refractivity contribution in [3.63, 3.8) is 0 Å². The number of alkyl halides is 3. The number of anilines is 1. The van der Waals surface area contributed by atoms with Crippen molar-refractivity contribution in [2.24, 2.45) is 0 Å². The molecule has 0 saturated heterocycles. The van der Waals surface area contributed by atoms with Gasteiger partial charge in [0.2, 0.25) is 0 Å². The minimum Gasteiger partial charge on any atom is -0.406 e. The van der Waals surface area contributed by atoms with Gasteiger partial charge in [0.15, 0.2) is 11.5 Å². The largest absolute Gasteiger partial charge is 0.573 e. The fourth-order valence-corrected chi connectivity index (χ4v) is 3.89. The van der Waals surface area contributed by atoms with Crippen molar-refractivity contribution < 1.29 is 37.0 Å². The summed E-state index contributed by atoms with van der Waals surface area (Å²) in [6.45, 7) is 4.05. The van der Waals surface area contributed by atoms with Crippen LogP contribution in [0, 0.1) is 19.7 Å². The van der Waals surface area contributed by atoms with Crippen LogP contribution in [0.1, 0.15) is 40.3 Å². The molecule has 4 rings (SSSR count). The van der Waals surface area contributed by atoms with Crippen LogP contribution in [0.25, 0.3) is 16.9 Å². The number of aliphatic hydroxyl groups is 1. The summed E-state index contributed by atoms with van der Waals surface area (Å²) in [4.78, 5) is 33.2. The van der Waals surface area contributed by atoms with E-state index in [0.717, 1.165) is 18.2 Å². The van der Waals surface area contributed by atoms with E-state index in [1.807, 2.05) is 0 Å². The number of rotatable bonds is 7. The van der Waals surface area contributed by atoms with Gasteiger partial charge in [0.25, 0.3) is 11.8 Å². The number of benzene rings is 1. The summed E-state index contributed by atoms with van der Waals surface area (Å²) >= 11 is 0. The molecule has 1 atom stereocenters. The van der Waals surface area contributed by atoms with Crippen LogP contribution < -0.4 is 15.4 Å². The fraction of sp³-hybridized carbons (Fsp3) is 0.240. The first-order valence-corrected chi connectivity index (χ1v) is 11.5. The topological polar surface area (TPSA) is 131 Å². The van der Waals surface area contributed by atoms with Crippen molar-refractivity contribution in [3.05, 3.63) is 70.9 Å². The van der Waals surface area contributed by atoms with E-state index in [4.69, 9.17) is 5.11 Å². The van der Waals surface area contributed by atoms with Crippen LogP contribution in [0.5, 0.6) is 5.75 Å².